The lowest BCUT2D eigenvalue weighted by Crippen LogP contribution is -2.53. The van der Waals surface area contributed by atoms with Gasteiger partial charge in [-0.2, -0.15) is 0 Å². The Morgan fingerprint density at radius 2 is 2.00 bits per heavy atom. The van der Waals surface area contributed by atoms with E-state index in [0.29, 0.717) is 23.6 Å². The van der Waals surface area contributed by atoms with Crippen LogP contribution in [0.25, 0.3) is 0 Å². The van der Waals surface area contributed by atoms with E-state index in [2.05, 4.69) is 27.7 Å². The number of hydrogen-bond acceptors (Lipinski definition) is 5. The Kier molecular flexibility index (Phi) is 4.89. The number of nitrogens with zero attached hydrogens (tertiary/aromatic N) is 1. The number of hydrogen-bond donors (Lipinski definition) is 2. The molecule has 0 radical (unpaired) electrons. The maximum Gasteiger partial charge on any atom is 0.250 e. The zero-order chi connectivity index (χ0) is 22.6. The highest BCUT2D eigenvalue weighted by Crippen LogP contribution is 2.56. The normalized spacial score (nSPS) is 26.1. The molecule has 0 aromatic heterocycles. The van der Waals surface area contributed by atoms with E-state index in [-0.39, 0.29) is 17.9 Å². The highest BCUT2D eigenvalue weighted by atomic mass is 16.5. The standard InChI is InChI=1S/C25H29N3O4/c1-14-10-15(2)22-18(11-14)25(24(30)27-22)19(12-16-6-5-9-28(16)25)23(29)26-20-13-17(31-3)7-8-21(20)32-4/h7-8,10-11,13,16,19H,5-6,9,12H2,1-4H3,(H,26,29)(H,27,30)/t16-,19+,25-/m1/s1. The van der Waals surface area contributed by atoms with Gasteiger partial charge in [0.2, 0.25) is 11.8 Å². The average Bonchev–Trinajstić information content (AvgIpc) is 3.43. The second kappa shape index (κ2) is 7.52. The second-order valence-electron chi connectivity index (χ2n) is 9.06. The van der Waals surface area contributed by atoms with Crippen LogP contribution in [0, 0.1) is 19.8 Å². The van der Waals surface area contributed by atoms with Gasteiger partial charge in [0.15, 0.2) is 0 Å². The van der Waals surface area contributed by atoms with Crippen molar-refractivity contribution in [1.29, 1.82) is 0 Å². The first-order chi connectivity index (χ1) is 15.4. The van der Waals surface area contributed by atoms with Crippen molar-refractivity contribution in [1.82, 2.24) is 4.90 Å². The molecule has 0 unspecified atom stereocenters. The quantitative estimate of drug-likeness (QED) is 0.767. The molecule has 32 heavy (non-hydrogen) atoms. The van der Waals surface area contributed by atoms with Crippen LogP contribution in [0.3, 0.4) is 0 Å². The van der Waals surface area contributed by atoms with Gasteiger partial charge in [0.05, 0.1) is 25.8 Å². The summed E-state index contributed by atoms with van der Waals surface area (Å²) in [6.07, 6.45) is 2.69. The number of aryl methyl sites for hydroxylation is 2. The molecule has 2 aromatic rings. The van der Waals surface area contributed by atoms with E-state index < -0.39 is 11.5 Å². The monoisotopic (exact) mass is 435 g/mol. The van der Waals surface area contributed by atoms with Gasteiger partial charge in [-0.1, -0.05) is 17.7 Å². The fourth-order valence-electron chi connectivity index (χ4n) is 6.01. The second-order valence-corrected chi connectivity index (χ2v) is 9.06. The van der Waals surface area contributed by atoms with E-state index in [4.69, 9.17) is 9.47 Å². The molecule has 3 heterocycles. The zero-order valence-electron chi connectivity index (χ0n) is 19.0. The summed E-state index contributed by atoms with van der Waals surface area (Å²) in [5, 5.41) is 6.17. The molecule has 0 aliphatic carbocycles. The van der Waals surface area contributed by atoms with Gasteiger partial charge in [0, 0.05) is 23.4 Å². The molecular weight excluding hydrogens is 406 g/mol. The molecule has 0 bridgehead atoms. The summed E-state index contributed by atoms with van der Waals surface area (Å²) < 4.78 is 10.8. The van der Waals surface area contributed by atoms with E-state index in [1.165, 1.54) is 0 Å². The van der Waals surface area contributed by atoms with Crippen LogP contribution in [0.1, 0.15) is 36.0 Å². The molecule has 2 saturated heterocycles. The Labute approximate surface area is 188 Å². The molecular formula is C25H29N3O4. The number of anilines is 2. The number of carbonyl (C=O) groups excluding carboxylic acids is 2. The van der Waals surface area contributed by atoms with Gasteiger partial charge in [0.25, 0.3) is 0 Å². The molecule has 0 saturated carbocycles. The fraction of sp³-hybridized carbons (Fsp3) is 0.440. The van der Waals surface area contributed by atoms with Crippen molar-refractivity contribution in [3.63, 3.8) is 0 Å². The lowest BCUT2D eigenvalue weighted by molar-refractivity contribution is -0.135. The summed E-state index contributed by atoms with van der Waals surface area (Å²) in [6, 6.07) is 9.67. The average molecular weight is 436 g/mol. The summed E-state index contributed by atoms with van der Waals surface area (Å²) in [7, 11) is 3.15. The number of ether oxygens (including phenoxy) is 2. The highest BCUT2D eigenvalue weighted by Gasteiger charge is 2.65. The molecule has 2 N–H and O–H groups in total. The molecule has 3 aliphatic heterocycles. The first-order valence-corrected chi connectivity index (χ1v) is 11.1. The summed E-state index contributed by atoms with van der Waals surface area (Å²) >= 11 is 0. The van der Waals surface area contributed by atoms with Gasteiger partial charge in [-0.05, 0) is 57.4 Å². The van der Waals surface area contributed by atoms with Crippen LogP contribution < -0.4 is 20.1 Å². The maximum atomic E-state index is 13.8. The van der Waals surface area contributed by atoms with E-state index in [9.17, 15) is 9.59 Å². The van der Waals surface area contributed by atoms with Crippen molar-refractivity contribution < 1.29 is 19.1 Å². The number of rotatable bonds is 4. The van der Waals surface area contributed by atoms with Crippen molar-refractivity contribution in [2.24, 2.45) is 5.92 Å². The summed E-state index contributed by atoms with van der Waals surface area (Å²) in [6.45, 7) is 4.87. The van der Waals surface area contributed by atoms with Crippen LogP contribution >= 0.6 is 0 Å². The zero-order valence-corrected chi connectivity index (χ0v) is 19.0. The number of amides is 2. The van der Waals surface area contributed by atoms with E-state index in [1.807, 2.05) is 13.8 Å². The van der Waals surface area contributed by atoms with E-state index in [0.717, 1.165) is 41.8 Å². The molecule has 2 aromatic carbocycles. The predicted molar refractivity (Wildman–Crippen MR) is 122 cm³/mol. The van der Waals surface area contributed by atoms with Gasteiger partial charge in [-0.25, -0.2) is 0 Å². The van der Waals surface area contributed by atoms with Crippen molar-refractivity contribution in [3.05, 3.63) is 47.0 Å². The van der Waals surface area contributed by atoms with Gasteiger partial charge in [-0.3, -0.25) is 14.5 Å². The third-order valence-corrected chi connectivity index (χ3v) is 7.30. The van der Waals surface area contributed by atoms with Crippen LogP contribution in [-0.2, 0) is 15.1 Å². The van der Waals surface area contributed by atoms with Crippen molar-refractivity contribution in [2.75, 3.05) is 31.4 Å². The number of methoxy groups -OCH3 is 2. The van der Waals surface area contributed by atoms with Crippen LogP contribution in [0.15, 0.2) is 30.3 Å². The molecule has 3 aliphatic rings. The Hall–Kier alpha value is -3.06. The number of carbonyl (C=O) groups is 2. The van der Waals surface area contributed by atoms with Crippen molar-refractivity contribution in [2.45, 2.75) is 44.7 Å². The first-order valence-electron chi connectivity index (χ1n) is 11.1. The topological polar surface area (TPSA) is 79.9 Å². The van der Waals surface area contributed by atoms with Gasteiger partial charge in [0.1, 0.15) is 17.0 Å². The Morgan fingerprint density at radius 1 is 1.19 bits per heavy atom. The third kappa shape index (κ3) is 2.84. The minimum Gasteiger partial charge on any atom is -0.497 e. The van der Waals surface area contributed by atoms with Gasteiger partial charge in [-0.15, -0.1) is 0 Å². The highest BCUT2D eigenvalue weighted by molar-refractivity contribution is 6.11. The number of fused-ring (bicyclic) bond motifs is 4. The smallest absolute Gasteiger partial charge is 0.250 e. The first kappa shape index (κ1) is 20.8. The molecule has 2 fully saturated rings. The molecule has 168 valence electrons. The SMILES string of the molecule is COc1ccc(OC)c(NC(=O)[C@@H]2C[C@H]3CCCN3[C@@]23C(=O)Nc2c(C)cc(C)cc23)c1. The Balaban J connectivity index is 1.60. The third-order valence-electron chi connectivity index (χ3n) is 7.30. The molecule has 1 spiro atoms. The van der Waals surface area contributed by atoms with Crippen LogP contribution in [-0.4, -0.2) is 43.5 Å². The summed E-state index contributed by atoms with van der Waals surface area (Å²) in [4.78, 5) is 29.7. The molecule has 5 rings (SSSR count). The minimum atomic E-state index is -0.983. The van der Waals surface area contributed by atoms with Crippen LogP contribution in [0.5, 0.6) is 11.5 Å². The van der Waals surface area contributed by atoms with Gasteiger partial charge >= 0.3 is 0 Å². The predicted octanol–water partition coefficient (Wildman–Crippen LogP) is 3.59. The maximum absolute atomic E-state index is 13.8. The number of nitrogens with one attached hydrogen (secondary N) is 2. The summed E-state index contributed by atoms with van der Waals surface area (Å²) in [5.41, 5.74) is 3.46. The molecule has 7 heteroatoms. The lowest BCUT2D eigenvalue weighted by atomic mass is 9.77. The van der Waals surface area contributed by atoms with Gasteiger partial charge < -0.3 is 20.1 Å². The van der Waals surface area contributed by atoms with E-state index in [1.54, 1.807) is 32.4 Å². The Morgan fingerprint density at radius 3 is 2.75 bits per heavy atom. The summed E-state index contributed by atoms with van der Waals surface area (Å²) in [5.74, 6) is 0.398. The number of benzene rings is 2. The van der Waals surface area contributed by atoms with E-state index >= 15 is 0 Å². The van der Waals surface area contributed by atoms with Crippen LogP contribution in [0.2, 0.25) is 0 Å². The minimum absolute atomic E-state index is 0.0941. The fourth-order valence-corrected chi connectivity index (χ4v) is 6.01. The molecule has 3 atom stereocenters. The Bertz CT molecular complexity index is 1110. The molecule has 2 amide bonds. The molecule has 7 nitrogen and oxygen atoms in total. The largest absolute Gasteiger partial charge is 0.497 e. The van der Waals surface area contributed by atoms with Crippen LogP contribution in [0.4, 0.5) is 11.4 Å². The van der Waals surface area contributed by atoms with Crippen molar-refractivity contribution in [3.8, 4) is 11.5 Å². The lowest BCUT2D eigenvalue weighted by Gasteiger charge is -2.36. The van der Waals surface area contributed by atoms with Crippen molar-refractivity contribution >= 4 is 23.2 Å².